The van der Waals surface area contributed by atoms with Crippen molar-refractivity contribution in [2.24, 2.45) is 0 Å². The van der Waals surface area contributed by atoms with Crippen molar-refractivity contribution in [1.29, 1.82) is 0 Å². The first-order valence-corrected chi connectivity index (χ1v) is 5.07. The molecule has 1 N–H and O–H groups in total. The van der Waals surface area contributed by atoms with E-state index in [2.05, 4.69) is 21.2 Å². The average molecular weight is 257 g/mol. The lowest BCUT2D eigenvalue weighted by molar-refractivity contribution is 0.249. The highest BCUT2D eigenvalue weighted by Crippen LogP contribution is 2.23. The van der Waals surface area contributed by atoms with Gasteiger partial charge in [0.15, 0.2) is 0 Å². The van der Waals surface area contributed by atoms with Crippen LogP contribution >= 0.6 is 15.9 Å². The molecule has 0 aliphatic heterocycles. The Morgan fingerprint density at radius 3 is 2.71 bits per heavy atom. The predicted octanol–water partition coefficient (Wildman–Crippen LogP) is 2.53. The van der Waals surface area contributed by atoms with Crippen LogP contribution in [0.2, 0.25) is 0 Å². The topological polar surface area (TPSA) is 32.3 Å². The molecule has 0 aromatic heterocycles. The molecule has 0 saturated heterocycles. The average Bonchev–Trinajstić information content (AvgIpc) is 2.19. The molecule has 0 heterocycles. The summed E-state index contributed by atoms with van der Waals surface area (Å²) >= 11 is 3.38. The van der Waals surface area contributed by atoms with Crippen molar-refractivity contribution in [3.63, 3.8) is 0 Å². The van der Waals surface area contributed by atoms with Crippen molar-refractivity contribution >= 4 is 27.6 Å². The normalized spacial score (nSPS) is 9.71. The van der Waals surface area contributed by atoms with Crippen LogP contribution in [0.1, 0.15) is 5.56 Å². The van der Waals surface area contributed by atoms with Gasteiger partial charge in [-0.15, -0.1) is 0 Å². The molecule has 0 fully saturated rings. The number of aryl methyl sites for hydroxylation is 1. The molecule has 2 amide bonds. The smallest absolute Gasteiger partial charge is 0.321 e. The maximum atomic E-state index is 11.4. The zero-order chi connectivity index (χ0) is 10.7. The Kier molecular flexibility index (Phi) is 3.52. The van der Waals surface area contributed by atoms with E-state index >= 15 is 0 Å². The molecule has 0 atom stereocenters. The molecular weight excluding hydrogens is 244 g/mol. The zero-order valence-electron chi connectivity index (χ0n) is 8.47. The number of nitrogens with one attached hydrogen (secondary N) is 1. The first-order chi connectivity index (χ1) is 6.56. The van der Waals surface area contributed by atoms with Crippen molar-refractivity contribution in [2.75, 3.05) is 19.0 Å². The standard InChI is InChI=1S/C10H13BrN2O/c1-7-4-5-8(11)6-9(7)13(3)10(14)12-2/h4-6H,1-3H3,(H,12,14). The van der Waals surface area contributed by atoms with E-state index in [1.54, 1.807) is 19.0 Å². The molecule has 1 aromatic carbocycles. The lowest BCUT2D eigenvalue weighted by atomic mass is 10.2. The summed E-state index contributed by atoms with van der Waals surface area (Å²) in [5, 5.41) is 2.58. The molecular formula is C10H13BrN2O. The number of hydrogen-bond acceptors (Lipinski definition) is 1. The highest BCUT2D eigenvalue weighted by molar-refractivity contribution is 9.10. The largest absolute Gasteiger partial charge is 0.341 e. The number of carbonyl (C=O) groups excluding carboxylic acids is 1. The van der Waals surface area contributed by atoms with Crippen molar-refractivity contribution in [3.05, 3.63) is 28.2 Å². The first-order valence-electron chi connectivity index (χ1n) is 4.28. The van der Waals surface area contributed by atoms with Crippen LogP contribution in [0.5, 0.6) is 0 Å². The van der Waals surface area contributed by atoms with E-state index in [1.807, 2.05) is 25.1 Å². The molecule has 0 radical (unpaired) electrons. The third-order valence-electron chi connectivity index (χ3n) is 2.05. The minimum absolute atomic E-state index is 0.119. The highest BCUT2D eigenvalue weighted by atomic mass is 79.9. The van der Waals surface area contributed by atoms with Gasteiger partial charge in [0.05, 0.1) is 0 Å². The fourth-order valence-corrected chi connectivity index (χ4v) is 1.57. The van der Waals surface area contributed by atoms with E-state index < -0.39 is 0 Å². The van der Waals surface area contributed by atoms with Crippen molar-refractivity contribution in [1.82, 2.24) is 5.32 Å². The summed E-state index contributed by atoms with van der Waals surface area (Å²) < 4.78 is 0.967. The van der Waals surface area contributed by atoms with Crippen molar-refractivity contribution < 1.29 is 4.79 Å². The third kappa shape index (κ3) is 2.26. The molecule has 0 bridgehead atoms. The van der Waals surface area contributed by atoms with Crippen LogP contribution in [0.3, 0.4) is 0 Å². The zero-order valence-corrected chi connectivity index (χ0v) is 10.1. The van der Waals surface area contributed by atoms with Crippen LogP contribution < -0.4 is 10.2 Å². The van der Waals surface area contributed by atoms with E-state index in [0.717, 1.165) is 15.7 Å². The van der Waals surface area contributed by atoms with Gasteiger partial charge in [0.1, 0.15) is 0 Å². The Hall–Kier alpha value is -1.03. The van der Waals surface area contributed by atoms with Gasteiger partial charge < -0.3 is 5.32 Å². The molecule has 0 saturated carbocycles. The van der Waals surface area contributed by atoms with Gasteiger partial charge in [-0.05, 0) is 24.6 Å². The Morgan fingerprint density at radius 1 is 1.50 bits per heavy atom. The van der Waals surface area contributed by atoms with Crippen molar-refractivity contribution in [3.8, 4) is 0 Å². The van der Waals surface area contributed by atoms with Crippen LogP contribution in [0, 0.1) is 6.92 Å². The van der Waals surface area contributed by atoms with E-state index in [4.69, 9.17) is 0 Å². The number of rotatable bonds is 1. The molecule has 4 heteroatoms. The highest BCUT2D eigenvalue weighted by Gasteiger charge is 2.10. The molecule has 1 aromatic rings. The van der Waals surface area contributed by atoms with Crippen LogP contribution in [-0.4, -0.2) is 20.1 Å². The lowest BCUT2D eigenvalue weighted by Crippen LogP contribution is -2.35. The van der Waals surface area contributed by atoms with Gasteiger partial charge in [-0.25, -0.2) is 4.79 Å². The molecule has 0 aliphatic carbocycles. The van der Waals surface area contributed by atoms with E-state index in [1.165, 1.54) is 0 Å². The fourth-order valence-electron chi connectivity index (χ4n) is 1.22. The van der Waals surface area contributed by atoms with Crippen LogP contribution in [0.4, 0.5) is 10.5 Å². The monoisotopic (exact) mass is 256 g/mol. The fraction of sp³-hybridized carbons (Fsp3) is 0.300. The summed E-state index contributed by atoms with van der Waals surface area (Å²) in [4.78, 5) is 13.0. The summed E-state index contributed by atoms with van der Waals surface area (Å²) in [7, 11) is 3.36. The second-order valence-electron chi connectivity index (χ2n) is 3.04. The Bertz CT molecular complexity index is 352. The van der Waals surface area contributed by atoms with E-state index in [9.17, 15) is 4.79 Å². The van der Waals surface area contributed by atoms with E-state index in [-0.39, 0.29) is 6.03 Å². The molecule has 0 spiro atoms. The summed E-state index contributed by atoms with van der Waals surface area (Å²) in [5.74, 6) is 0. The number of nitrogens with zero attached hydrogens (tertiary/aromatic N) is 1. The van der Waals surface area contributed by atoms with Crippen LogP contribution in [-0.2, 0) is 0 Å². The number of halogens is 1. The number of urea groups is 1. The Morgan fingerprint density at radius 2 is 2.14 bits per heavy atom. The number of anilines is 1. The summed E-state index contributed by atoms with van der Waals surface area (Å²) in [6, 6.07) is 5.73. The Labute approximate surface area is 92.2 Å². The Balaban J connectivity index is 3.05. The molecule has 3 nitrogen and oxygen atoms in total. The summed E-state index contributed by atoms with van der Waals surface area (Å²) in [5.41, 5.74) is 1.97. The molecule has 76 valence electrons. The lowest BCUT2D eigenvalue weighted by Gasteiger charge is -2.19. The second kappa shape index (κ2) is 4.46. The third-order valence-corrected chi connectivity index (χ3v) is 2.54. The summed E-state index contributed by atoms with van der Waals surface area (Å²) in [6.07, 6.45) is 0. The quantitative estimate of drug-likeness (QED) is 0.823. The predicted molar refractivity (Wildman–Crippen MR) is 61.7 cm³/mol. The number of amides is 2. The number of hydrogen-bond donors (Lipinski definition) is 1. The second-order valence-corrected chi connectivity index (χ2v) is 3.96. The van der Waals surface area contributed by atoms with E-state index in [0.29, 0.717) is 0 Å². The van der Waals surface area contributed by atoms with Gasteiger partial charge in [-0.1, -0.05) is 22.0 Å². The first kappa shape index (κ1) is 11.0. The maximum absolute atomic E-state index is 11.4. The molecule has 14 heavy (non-hydrogen) atoms. The maximum Gasteiger partial charge on any atom is 0.321 e. The number of benzene rings is 1. The minimum atomic E-state index is -0.119. The summed E-state index contributed by atoms with van der Waals surface area (Å²) in [6.45, 7) is 1.97. The van der Waals surface area contributed by atoms with Crippen molar-refractivity contribution in [2.45, 2.75) is 6.92 Å². The van der Waals surface area contributed by atoms with Gasteiger partial charge in [0, 0.05) is 24.3 Å². The van der Waals surface area contributed by atoms with Crippen LogP contribution in [0.15, 0.2) is 22.7 Å². The molecule has 0 aliphatic rings. The molecule has 0 unspecified atom stereocenters. The van der Waals surface area contributed by atoms with Gasteiger partial charge in [0.2, 0.25) is 0 Å². The van der Waals surface area contributed by atoms with Gasteiger partial charge in [-0.3, -0.25) is 4.90 Å². The number of carbonyl (C=O) groups is 1. The van der Waals surface area contributed by atoms with Gasteiger partial charge in [-0.2, -0.15) is 0 Å². The minimum Gasteiger partial charge on any atom is -0.341 e. The van der Waals surface area contributed by atoms with Gasteiger partial charge in [0.25, 0.3) is 0 Å². The molecule has 1 rings (SSSR count). The SMILES string of the molecule is CNC(=O)N(C)c1cc(Br)ccc1C. The van der Waals surface area contributed by atoms with Crippen LogP contribution in [0.25, 0.3) is 0 Å². The van der Waals surface area contributed by atoms with Gasteiger partial charge >= 0.3 is 6.03 Å².